The number of nitrogens with zero attached hydrogens (tertiary/aromatic N) is 1. The molecule has 2 N–H and O–H groups in total. The normalized spacial score (nSPS) is 24.4. The first-order valence-electron chi connectivity index (χ1n) is 5.99. The van der Waals surface area contributed by atoms with Crippen molar-refractivity contribution < 1.29 is 4.74 Å². The molecule has 0 aromatic heterocycles. The molecule has 0 spiro atoms. The van der Waals surface area contributed by atoms with E-state index in [9.17, 15) is 0 Å². The highest BCUT2D eigenvalue weighted by Gasteiger charge is 2.25. The molecule has 0 aliphatic carbocycles. The fraction of sp³-hybridized carbons (Fsp3) is 1.00. The molecule has 1 fully saturated rings. The summed E-state index contributed by atoms with van der Waals surface area (Å²) in [6.45, 7) is 9.72. The Bertz CT molecular complexity index is 182. The van der Waals surface area contributed by atoms with Gasteiger partial charge in [-0.05, 0) is 31.8 Å². The first-order chi connectivity index (χ1) is 7.07. The highest BCUT2D eigenvalue weighted by Crippen LogP contribution is 2.22. The van der Waals surface area contributed by atoms with E-state index in [1.54, 1.807) is 7.11 Å². The second-order valence-corrected chi connectivity index (χ2v) is 5.58. The molecule has 1 atom stereocenters. The number of rotatable bonds is 5. The minimum atomic E-state index is 0.255. The van der Waals surface area contributed by atoms with Gasteiger partial charge >= 0.3 is 0 Å². The maximum atomic E-state index is 5.74. The van der Waals surface area contributed by atoms with Crippen molar-refractivity contribution in [1.29, 1.82) is 0 Å². The molecule has 1 rings (SSSR count). The summed E-state index contributed by atoms with van der Waals surface area (Å²) in [7, 11) is 1.78. The van der Waals surface area contributed by atoms with Crippen molar-refractivity contribution in [3.05, 3.63) is 0 Å². The van der Waals surface area contributed by atoms with E-state index >= 15 is 0 Å². The highest BCUT2D eigenvalue weighted by atomic mass is 16.5. The molecule has 1 saturated heterocycles. The molecule has 3 heteroatoms. The number of methoxy groups -OCH3 is 1. The molecule has 3 nitrogen and oxygen atoms in total. The number of piperidine rings is 1. The molecule has 0 radical (unpaired) electrons. The van der Waals surface area contributed by atoms with E-state index in [1.165, 1.54) is 25.9 Å². The lowest BCUT2D eigenvalue weighted by molar-refractivity contribution is 0.0544. The third-order valence-corrected chi connectivity index (χ3v) is 3.12. The minimum Gasteiger partial charge on any atom is -0.384 e. The average molecular weight is 214 g/mol. The van der Waals surface area contributed by atoms with Crippen LogP contribution in [0, 0.1) is 11.3 Å². The summed E-state index contributed by atoms with van der Waals surface area (Å²) in [5.74, 6) is 0.706. The van der Waals surface area contributed by atoms with Crippen LogP contribution < -0.4 is 5.73 Å². The summed E-state index contributed by atoms with van der Waals surface area (Å²) >= 11 is 0. The van der Waals surface area contributed by atoms with E-state index in [2.05, 4.69) is 18.7 Å². The van der Waals surface area contributed by atoms with Gasteiger partial charge in [-0.15, -0.1) is 0 Å². The van der Waals surface area contributed by atoms with E-state index in [0.29, 0.717) is 5.92 Å². The first-order valence-corrected chi connectivity index (χ1v) is 5.99. The zero-order chi connectivity index (χ0) is 11.3. The summed E-state index contributed by atoms with van der Waals surface area (Å²) in [6.07, 6.45) is 2.60. The van der Waals surface area contributed by atoms with Gasteiger partial charge < -0.3 is 15.4 Å². The van der Waals surface area contributed by atoms with Crippen LogP contribution in [0.15, 0.2) is 0 Å². The zero-order valence-electron chi connectivity index (χ0n) is 10.5. The molecule has 1 unspecified atom stereocenters. The molecule has 0 aromatic rings. The fourth-order valence-corrected chi connectivity index (χ4v) is 2.53. The third kappa shape index (κ3) is 4.49. The van der Waals surface area contributed by atoms with E-state index < -0.39 is 0 Å². The van der Waals surface area contributed by atoms with Crippen LogP contribution in [0.1, 0.15) is 26.7 Å². The van der Waals surface area contributed by atoms with Crippen molar-refractivity contribution in [1.82, 2.24) is 4.90 Å². The molecule has 0 saturated carbocycles. The van der Waals surface area contributed by atoms with Gasteiger partial charge in [0.05, 0.1) is 6.61 Å². The molecule has 1 heterocycles. The van der Waals surface area contributed by atoms with Crippen molar-refractivity contribution in [3.8, 4) is 0 Å². The van der Waals surface area contributed by atoms with Crippen molar-refractivity contribution >= 4 is 0 Å². The molecule has 1 aliphatic rings. The van der Waals surface area contributed by atoms with Gasteiger partial charge in [0, 0.05) is 25.6 Å². The molecule has 0 bridgehead atoms. The van der Waals surface area contributed by atoms with E-state index in [4.69, 9.17) is 10.5 Å². The number of ether oxygens (including phenoxy) is 1. The van der Waals surface area contributed by atoms with Gasteiger partial charge in [-0.25, -0.2) is 0 Å². The summed E-state index contributed by atoms with van der Waals surface area (Å²) in [5, 5.41) is 0. The summed E-state index contributed by atoms with van der Waals surface area (Å²) in [6, 6.07) is 0. The number of nitrogens with two attached hydrogens (primary N) is 1. The standard InChI is InChI=1S/C12H26N2O/c1-12(2,10-15-3)9-14-6-4-5-11(7-13)8-14/h11H,4-10,13H2,1-3H3. The third-order valence-electron chi connectivity index (χ3n) is 3.12. The minimum absolute atomic E-state index is 0.255. The SMILES string of the molecule is COCC(C)(C)CN1CCCC(CN)C1. The quantitative estimate of drug-likeness (QED) is 0.750. The van der Waals surface area contributed by atoms with E-state index in [-0.39, 0.29) is 5.41 Å². The van der Waals surface area contributed by atoms with Crippen molar-refractivity contribution in [3.63, 3.8) is 0 Å². The number of likely N-dealkylation sites (tertiary alicyclic amines) is 1. The lowest BCUT2D eigenvalue weighted by Crippen LogP contribution is -2.44. The largest absolute Gasteiger partial charge is 0.384 e. The van der Waals surface area contributed by atoms with Gasteiger partial charge in [0.25, 0.3) is 0 Å². The van der Waals surface area contributed by atoms with E-state index in [0.717, 1.165) is 19.7 Å². The van der Waals surface area contributed by atoms with Crippen LogP contribution in [0.3, 0.4) is 0 Å². The molecule has 1 aliphatic heterocycles. The molecule has 0 amide bonds. The average Bonchev–Trinajstić information content (AvgIpc) is 2.17. The molecule has 0 aromatic carbocycles. The van der Waals surface area contributed by atoms with Crippen LogP contribution in [0.5, 0.6) is 0 Å². The second kappa shape index (κ2) is 5.83. The van der Waals surface area contributed by atoms with Gasteiger partial charge in [0.1, 0.15) is 0 Å². The van der Waals surface area contributed by atoms with Crippen LogP contribution >= 0.6 is 0 Å². The molecule has 15 heavy (non-hydrogen) atoms. The molecule has 90 valence electrons. The predicted octanol–water partition coefficient (Wildman–Crippen LogP) is 1.33. The molecular weight excluding hydrogens is 188 g/mol. The summed E-state index contributed by atoms with van der Waals surface area (Å²) < 4.78 is 5.25. The summed E-state index contributed by atoms with van der Waals surface area (Å²) in [4.78, 5) is 2.54. The Balaban J connectivity index is 2.36. The van der Waals surface area contributed by atoms with Gasteiger partial charge in [0.15, 0.2) is 0 Å². The maximum absolute atomic E-state index is 5.74. The Kier molecular flexibility index (Phi) is 5.03. The zero-order valence-corrected chi connectivity index (χ0v) is 10.5. The fourth-order valence-electron chi connectivity index (χ4n) is 2.53. The Morgan fingerprint density at radius 3 is 2.80 bits per heavy atom. The first kappa shape index (κ1) is 12.9. The number of hydrogen-bond acceptors (Lipinski definition) is 3. The van der Waals surface area contributed by atoms with Gasteiger partial charge in [-0.3, -0.25) is 0 Å². The Hall–Kier alpha value is -0.120. The van der Waals surface area contributed by atoms with Gasteiger partial charge in [-0.1, -0.05) is 13.8 Å². The Morgan fingerprint density at radius 2 is 2.20 bits per heavy atom. The number of hydrogen-bond donors (Lipinski definition) is 1. The highest BCUT2D eigenvalue weighted by molar-refractivity contribution is 4.79. The summed E-state index contributed by atoms with van der Waals surface area (Å²) in [5.41, 5.74) is 5.99. The van der Waals surface area contributed by atoms with E-state index in [1.807, 2.05) is 0 Å². The Labute approximate surface area is 94.0 Å². The van der Waals surface area contributed by atoms with Crippen LogP contribution in [0.4, 0.5) is 0 Å². The Morgan fingerprint density at radius 1 is 1.47 bits per heavy atom. The lowest BCUT2D eigenvalue weighted by Gasteiger charge is -2.37. The van der Waals surface area contributed by atoms with Crippen LogP contribution in [-0.2, 0) is 4.74 Å². The lowest BCUT2D eigenvalue weighted by atomic mass is 9.91. The topological polar surface area (TPSA) is 38.5 Å². The van der Waals surface area contributed by atoms with Gasteiger partial charge in [0.2, 0.25) is 0 Å². The smallest absolute Gasteiger partial charge is 0.0525 e. The monoisotopic (exact) mass is 214 g/mol. The van der Waals surface area contributed by atoms with Gasteiger partial charge in [-0.2, -0.15) is 0 Å². The van der Waals surface area contributed by atoms with Crippen LogP contribution in [0.2, 0.25) is 0 Å². The maximum Gasteiger partial charge on any atom is 0.0525 e. The van der Waals surface area contributed by atoms with Crippen molar-refractivity contribution in [2.45, 2.75) is 26.7 Å². The second-order valence-electron chi connectivity index (χ2n) is 5.58. The van der Waals surface area contributed by atoms with Crippen molar-refractivity contribution in [2.24, 2.45) is 17.1 Å². The predicted molar refractivity (Wildman–Crippen MR) is 63.9 cm³/mol. The molecular formula is C12H26N2O. The van der Waals surface area contributed by atoms with Crippen LogP contribution in [0.25, 0.3) is 0 Å². The van der Waals surface area contributed by atoms with Crippen LogP contribution in [-0.4, -0.2) is 44.8 Å². The van der Waals surface area contributed by atoms with Crippen molar-refractivity contribution in [2.75, 3.05) is 39.9 Å².